The summed E-state index contributed by atoms with van der Waals surface area (Å²) >= 11 is 1.69. The second-order valence-corrected chi connectivity index (χ2v) is 9.39. The molecule has 1 saturated carbocycles. The SMILES string of the molecule is Cc1nc(Cc2cccc3ccccc23)sc1CC(=O)NC1CCCCCCC1. The number of carbonyl (C=O) groups is 1. The number of nitrogens with one attached hydrogen (secondary N) is 1. The lowest BCUT2D eigenvalue weighted by Gasteiger charge is -2.20. The van der Waals surface area contributed by atoms with Crippen molar-refractivity contribution in [2.24, 2.45) is 0 Å². The molecule has 0 atom stereocenters. The third-order valence-corrected chi connectivity index (χ3v) is 7.11. The highest BCUT2D eigenvalue weighted by Gasteiger charge is 2.17. The summed E-state index contributed by atoms with van der Waals surface area (Å²) in [5.41, 5.74) is 2.29. The summed E-state index contributed by atoms with van der Waals surface area (Å²) in [6.07, 6.45) is 9.95. The molecular formula is C25H30N2OS. The fourth-order valence-electron chi connectivity index (χ4n) is 4.36. The Bertz CT molecular complexity index is 965. The second-order valence-electron chi connectivity index (χ2n) is 8.22. The van der Waals surface area contributed by atoms with Gasteiger partial charge in [-0.1, -0.05) is 74.6 Å². The number of aromatic nitrogens is 1. The van der Waals surface area contributed by atoms with E-state index in [-0.39, 0.29) is 5.91 Å². The molecule has 29 heavy (non-hydrogen) atoms. The minimum Gasteiger partial charge on any atom is -0.353 e. The van der Waals surface area contributed by atoms with Crippen molar-refractivity contribution < 1.29 is 4.79 Å². The van der Waals surface area contributed by atoms with E-state index in [9.17, 15) is 4.79 Å². The summed E-state index contributed by atoms with van der Waals surface area (Å²) < 4.78 is 0. The van der Waals surface area contributed by atoms with E-state index in [1.54, 1.807) is 11.3 Å². The minimum absolute atomic E-state index is 0.152. The number of thiazole rings is 1. The number of rotatable bonds is 5. The highest BCUT2D eigenvalue weighted by Crippen LogP contribution is 2.26. The molecule has 4 heteroatoms. The molecule has 0 spiro atoms. The van der Waals surface area contributed by atoms with Gasteiger partial charge in [0, 0.05) is 17.3 Å². The zero-order chi connectivity index (χ0) is 20.1. The topological polar surface area (TPSA) is 42.0 Å². The number of carbonyl (C=O) groups excluding carboxylic acids is 1. The Hall–Kier alpha value is -2.20. The smallest absolute Gasteiger partial charge is 0.225 e. The molecule has 3 nitrogen and oxygen atoms in total. The largest absolute Gasteiger partial charge is 0.353 e. The number of aryl methyl sites for hydroxylation is 1. The first-order valence-corrected chi connectivity index (χ1v) is 11.7. The van der Waals surface area contributed by atoms with Gasteiger partial charge in [0.15, 0.2) is 0 Å². The van der Waals surface area contributed by atoms with Crippen molar-refractivity contribution in [1.82, 2.24) is 10.3 Å². The standard InChI is InChI=1S/C25H30N2OS/c1-18-23(17-24(28)27-21-13-5-3-2-4-6-14-21)29-25(26-18)16-20-12-9-11-19-10-7-8-15-22(19)20/h7-12,15,21H,2-6,13-14,16-17H2,1H3,(H,27,28). The van der Waals surface area contributed by atoms with Crippen LogP contribution in [0.25, 0.3) is 10.8 Å². The molecule has 152 valence electrons. The van der Waals surface area contributed by atoms with E-state index in [1.165, 1.54) is 48.4 Å². The monoisotopic (exact) mass is 406 g/mol. The van der Waals surface area contributed by atoms with Crippen molar-refractivity contribution in [2.45, 2.75) is 70.8 Å². The number of hydrogen-bond donors (Lipinski definition) is 1. The fraction of sp³-hybridized carbons (Fsp3) is 0.440. The molecule has 1 fully saturated rings. The van der Waals surface area contributed by atoms with Crippen LogP contribution >= 0.6 is 11.3 Å². The van der Waals surface area contributed by atoms with Crippen LogP contribution in [-0.4, -0.2) is 16.9 Å². The van der Waals surface area contributed by atoms with Crippen LogP contribution in [0.15, 0.2) is 42.5 Å². The summed E-state index contributed by atoms with van der Waals surface area (Å²) in [6.45, 7) is 2.03. The van der Waals surface area contributed by atoms with Gasteiger partial charge in [-0.25, -0.2) is 4.98 Å². The van der Waals surface area contributed by atoms with Crippen molar-refractivity contribution in [3.63, 3.8) is 0 Å². The lowest BCUT2D eigenvalue weighted by Crippen LogP contribution is -2.36. The molecule has 1 heterocycles. The molecule has 0 bridgehead atoms. The first-order valence-electron chi connectivity index (χ1n) is 10.9. The molecule has 0 saturated heterocycles. The second kappa shape index (κ2) is 9.53. The number of benzene rings is 2. The number of amides is 1. The fourth-order valence-corrected chi connectivity index (χ4v) is 5.45. The molecule has 4 rings (SSSR count). The third-order valence-electron chi connectivity index (χ3n) is 5.95. The molecular weight excluding hydrogens is 376 g/mol. The van der Waals surface area contributed by atoms with Gasteiger partial charge in [0.05, 0.1) is 17.1 Å². The van der Waals surface area contributed by atoms with Crippen LogP contribution in [-0.2, 0) is 17.6 Å². The van der Waals surface area contributed by atoms with Gasteiger partial charge >= 0.3 is 0 Å². The van der Waals surface area contributed by atoms with Crippen LogP contribution in [0.4, 0.5) is 0 Å². The lowest BCUT2D eigenvalue weighted by atomic mass is 9.96. The maximum atomic E-state index is 12.6. The molecule has 3 aromatic rings. The van der Waals surface area contributed by atoms with Gasteiger partial charge in [-0.3, -0.25) is 4.79 Å². The third kappa shape index (κ3) is 5.24. The van der Waals surface area contributed by atoms with E-state index in [4.69, 9.17) is 4.98 Å². The maximum absolute atomic E-state index is 12.6. The van der Waals surface area contributed by atoms with Gasteiger partial charge in [0.2, 0.25) is 5.91 Å². The van der Waals surface area contributed by atoms with E-state index in [1.807, 2.05) is 6.92 Å². The summed E-state index contributed by atoms with van der Waals surface area (Å²) in [5, 5.41) is 6.92. The summed E-state index contributed by atoms with van der Waals surface area (Å²) in [5.74, 6) is 0.152. The van der Waals surface area contributed by atoms with Gasteiger partial charge in [0.25, 0.3) is 0 Å². The number of nitrogens with zero attached hydrogens (tertiary/aromatic N) is 1. The summed E-state index contributed by atoms with van der Waals surface area (Å²) in [7, 11) is 0. The van der Waals surface area contributed by atoms with E-state index in [0.717, 1.165) is 34.8 Å². The highest BCUT2D eigenvalue weighted by molar-refractivity contribution is 7.11. The van der Waals surface area contributed by atoms with E-state index in [0.29, 0.717) is 12.5 Å². The van der Waals surface area contributed by atoms with Gasteiger partial charge in [0.1, 0.15) is 0 Å². The molecule has 0 unspecified atom stereocenters. The summed E-state index contributed by atoms with van der Waals surface area (Å²) in [6, 6.07) is 15.3. The summed E-state index contributed by atoms with van der Waals surface area (Å²) in [4.78, 5) is 18.5. The average molecular weight is 407 g/mol. The predicted molar refractivity (Wildman–Crippen MR) is 122 cm³/mol. The van der Waals surface area contributed by atoms with Crippen LogP contribution in [0.3, 0.4) is 0 Å². The molecule has 1 amide bonds. The van der Waals surface area contributed by atoms with E-state index < -0.39 is 0 Å². The predicted octanol–water partition coefficient (Wildman–Crippen LogP) is 5.97. The van der Waals surface area contributed by atoms with Crippen LogP contribution in [0.1, 0.15) is 66.1 Å². The van der Waals surface area contributed by atoms with Gasteiger partial charge in [-0.05, 0) is 36.1 Å². The Morgan fingerprint density at radius 1 is 1.03 bits per heavy atom. The van der Waals surface area contributed by atoms with Crippen LogP contribution in [0.2, 0.25) is 0 Å². The normalized spacial score (nSPS) is 15.8. The Kier molecular flexibility index (Phi) is 6.60. The van der Waals surface area contributed by atoms with E-state index in [2.05, 4.69) is 47.8 Å². The lowest BCUT2D eigenvalue weighted by molar-refractivity contribution is -0.121. The molecule has 1 aliphatic carbocycles. The Morgan fingerprint density at radius 3 is 2.59 bits per heavy atom. The zero-order valence-corrected chi connectivity index (χ0v) is 18.1. The van der Waals surface area contributed by atoms with Crippen molar-refractivity contribution in [3.8, 4) is 0 Å². The zero-order valence-electron chi connectivity index (χ0n) is 17.2. The molecule has 0 aliphatic heterocycles. The van der Waals surface area contributed by atoms with Crippen molar-refractivity contribution in [1.29, 1.82) is 0 Å². The minimum atomic E-state index is 0.152. The van der Waals surface area contributed by atoms with Gasteiger partial charge < -0.3 is 5.32 Å². The molecule has 1 aliphatic rings. The molecule has 1 aromatic heterocycles. The Labute approximate surface area is 177 Å². The molecule has 1 N–H and O–H groups in total. The van der Waals surface area contributed by atoms with Gasteiger partial charge in [-0.2, -0.15) is 0 Å². The van der Waals surface area contributed by atoms with E-state index >= 15 is 0 Å². The maximum Gasteiger partial charge on any atom is 0.225 e. The van der Waals surface area contributed by atoms with Crippen LogP contribution in [0.5, 0.6) is 0 Å². The molecule has 2 aromatic carbocycles. The average Bonchev–Trinajstić information content (AvgIpc) is 3.03. The highest BCUT2D eigenvalue weighted by atomic mass is 32.1. The Balaban J connectivity index is 1.41. The number of fused-ring (bicyclic) bond motifs is 1. The van der Waals surface area contributed by atoms with Crippen molar-refractivity contribution in [3.05, 3.63) is 63.6 Å². The quantitative estimate of drug-likeness (QED) is 0.567. The van der Waals surface area contributed by atoms with Crippen molar-refractivity contribution >= 4 is 28.0 Å². The van der Waals surface area contributed by atoms with Gasteiger partial charge in [-0.15, -0.1) is 11.3 Å². The first kappa shape index (κ1) is 20.1. The van der Waals surface area contributed by atoms with Crippen molar-refractivity contribution in [2.75, 3.05) is 0 Å². The number of hydrogen-bond acceptors (Lipinski definition) is 3. The molecule has 0 radical (unpaired) electrons. The van der Waals surface area contributed by atoms with Crippen LogP contribution < -0.4 is 5.32 Å². The van der Waals surface area contributed by atoms with Crippen LogP contribution in [0, 0.1) is 6.92 Å². The first-order chi connectivity index (χ1) is 14.2. The Morgan fingerprint density at radius 2 is 1.76 bits per heavy atom.